The zero-order valence-corrected chi connectivity index (χ0v) is 22.4. The van der Waals surface area contributed by atoms with Gasteiger partial charge < -0.3 is 10.3 Å². The number of hydrogen-bond donors (Lipinski definition) is 3. The van der Waals surface area contributed by atoms with Gasteiger partial charge in [-0.3, -0.25) is 15.1 Å². The Kier molecular flexibility index (Phi) is 6.17. The molecule has 0 spiro atoms. The Morgan fingerprint density at radius 2 is 1.90 bits per heavy atom. The second kappa shape index (κ2) is 10.1. The van der Waals surface area contributed by atoms with E-state index in [0.29, 0.717) is 5.82 Å². The summed E-state index contributed by atoms with van der Waals surface area (Å²) < 4.78 is 0. The normalized spacial score (nSPS) is 14.3. The fourth-order valence-corrected chi connectivity index (χ4v) is 6.33. The van der Waals surface area contributed by atoms with Gasteiger partial charge in [-0.1, -0.05) is 44.7 Å². The van der Waals surface area contributed by atoms with E-state index in [9.17, 15) is 0 Å². The van der Waals surface area contributed by atoms with Crippen molar-refractivity contribution in [2.24, 2.45) is 5.92 Å². The van der Waals surface area contributed by atoms with Crippen molar-refractivity contribution >= 4 is 39.0 Å². The summed E-state index contributed by atoms with van der Waals surface area (Å²) in [6.07, 6.45) is 13.3. The van der Waals surface area contributed by atoms with E-state index in [0.717, 1.165) is 73.7 Å². The molecule has 194 valence electrons. The molecule has 39 heavy (non-hydrogen) atoms. The molecule has 0 unspecified atom stereocenters. The molecule has 5 aromatic heterocycles. The van der Waals surface area contributed by atoms with E-state index < -0.39 is 0 Å². The fourth-order valence-electron chi connectivity index (χ4n) is 5.69. The third-order valence-corrected chi connectivity index (χ3v) is 8.32. The van der Waals surface area contributed by atoms with Crippen molar-refractivity contribution in [2.45, 2.75) is 38.5 Å². The van der Waals surface area contributed by atoms with E-state index in [1.54, 1.807) is 11.3 Å². The van der Waals surface area contributed by atoms with E-state index in [-0.39, 0.29) is 0 Å². The number of pyridine rings is 2. The van der Waals surface area contributed by atoms with Crippen LogP contribution >= 0.6 is 11.3 Å². The number of hydrogen-bond acceptors (Lipinski definition) is 6. The lowest BCUT2D eigenvalue weighted by Crippen LogP contribution is -2.10. The van der Waals surface area contributed by atoms with Gasteiger partial charge in [-0.25, -0.2) is 4.98 Å². The predicted octanol–water partition coefficient (Wildman–Crippen LogP) is 8.19. The second-order valence-electron chi connectivity index (χ2n) is 10.4. The van der Waals surface area contributed by atoms with Crippen molar-refractivity contribution in [3.63, 3.8) is 0 Å². The standard InChI is InChI=1S/C31H29N7S/c1-19(13-20-5-3-2-4-6-20)34-24-14-23(16-32-17-24)21-7-8-26-25(15-21)29(38-37-26)31-35-27-9-11-33-28(30(27)36-31)22-10-12-39-18-22/h7-12,14-18,20,34H,1-6,13H2,(H,35,36)(H,37,38). The van der Waals surface area contributed by atoms with Gasteiger partial charge in [0.05, 0.1) is 28.6 Å². The summed E-state index contributed by atoms with van der Waals surface area (Å²) in [4.78, 5) is 17.5. The first kappa shape index (κ1) is 23.8. The number of anilines is 1. The number of aromatic nitrogens is 6. The maximum absolute atomic E-state index is 4.93. The summed E-state index contributed by atoms with van der Waals surface area (Å²) in [5.74, 6) is 1.46. The van der Waals surface area contributed by atoms with Crippen LogP contribution in [0.3, 0.4) is 0 Å². The molecule has 0 aliphatic heterocycles. The maximum atomic E-state index is 4.93. The molecule has 1 saturated carbocycles. The van der Waals surface area contributed by atoms with Crippen molar-refractivity contribution in [1.29, 1.82) is 0 Å². The molecule has 1 fully saturated rings. The quantitative estimate of drug-likeness (QED) is 0.193. The summed E-state index contributed by atoms with van der Waals surface area (Å²) in [7, 11) is 0. The molecule has 0 amide bonds. The highest BCUT2D eigenvalue weighted by atomic mass is 32.1. The minimum atomic E-state index is 0.713. The van der Waals surface area contributed by atoms with Crippen LogP contribution in [-0.4, -0.2) is 30.1 Å². The van der Waals surface area contributed by atoms with Crippen LogP contribution in [0.1, 0.15) is 38.5 Å². The lowest BCUT2D eigenvalue weighted by molar-refractivity contribution is 0.357. The first-order chi connectivity index (χ1) is 19.2. The van der Waals surface area contributed by atoms with Crippen molar-refractivity contribution in [1.82, 2.24) is 30.1 Å². The van der Waals surface area contributed by atoms with Crippen LogP contribution in [0.2, 0.25) is 0 Å². The molecule has 0 atom stereocenters. The van der Waals surface area contributed by atoms with Gasteiger partial charge in [-0.05, 0) is 53.6 Å². The number of nitrogens with zero attached hydrogens (tertiary/aromatic N) is 4. The summed E-state index contributed by atoms with van der Waals surface area (Å²) >= 11 is 1.65. The first-order valence-electron chi connectivity index (χ1n) is 13.5. The van der Waals surface area contributed by atoms with Crippen LogP contribution < -0.4 is 5.32 Å². The number of aromatic amines is 2. The lowest BCUT2D eigenvalue weighted by Gasteiger charge is -2.22. The van der Waals surface area contributed by atoms with Crippen LogP contribution in [0.25, 0.3) is 55.8 Å². The fraction of sp³-hybridized carbons (Fsp3) is 0.226. The lowest BCUT2D eigenvalue weighted by atomic mass is 9.86. The molecule has 1 aliphatic carbocycles. The number of benzene rings is 1. The average molecular weight is 532 g/mol. The van der Waals surface area contributed by atoms with Gasteiger partial charge in [0.1, 0.15) is 11.2 Å². The molecule has 5 heterocycles. The Morgan fingerprint density at radius 1 is 0.974 bits per heavy atom. The number of H-pyrrole nitrogens is 2. The number of fused-ring (bicyclic) bond motifs is 2. The molecular formula is C31H29N7S. The molecule has 0 radical (unpaired) electrons. The summed E-state index contributed by atoms with van der Waals surface area (Å²) in [5.41, 5.74) is 9.58. The smallest absolute Gasteiger partial charge is 0.159 e. The molecule has 0 bridgehead atoms. The van der Waals surface area contributed by atoms with Gasteiger partial charge >= 0.3 is 0 Å². The van der Waals surface area contributed by atoms with E-state index in [4.69, 9.17) is 4.98 Å². The van der Waals surface area contributed by atoms with Crippen molar-refractivity contribution in [3.8, 4) is 33.9 Å². The van der Waals surface area contributed by atoms with Gasteiger partial charge in [0, 0.05) is 40.0 Å². The molecule has 0 saturated heterocycles. The highest BCUT2D eigenvalue weighted by Crippen LogP contribution is 2.34. The molecule has 1 aliphatic rings. The second-order valence-corrected chi connectivity index (χ2v) is 11.2. The molecule has 8 heteroatoms. The zero-order valence-electron chi connectivity index (χ0n) is 21.6. The van der Waals surface area contributed by atoms with Crippen LogP contribution in [0, 0.1) is 5.92 Å². The molecule has 1 aromatic carbocycles. The summed E-state index contributed by atoms with van der Waals surface area (Å²) in [6.45, 7) is 4.30. The van der Waals surface area contributed by atoms with Crippen molar-refractivity contribution in [3.05, 3.63) is 78.0 Å². The first-order valence-corrected chi connectivity index (χ1v) is 14.4. The van der Waals surface area contributed by atoms with Crippen LogP contribution in [0.5, 0.6) is 0 Å². The number of thiophene rings is 1. The van der Waals surface area contributed by atoms with Gasteiger partial charge in [0.15, 0.2) is 5.82 Å². The van der Waals surface area contributed by atoms with Gasteiger partial charge in [-0.2, -0.15) is 16.4 Å². The average Bonchev–Trinajstić information content (AvgIpc) is 3.73. The summed E-state index contributed by atoms with van der Waals surface area (Å²) in [5, 5.41) is 16.4. The SMILES string of the molecule is C=C(CC1CCCCC1)Nc1cncc(-c2ccc3[nH]nc(-c4nc5c(-c6ccsc6)nccc5[nH]4)c3c2)c1. The Hall–Kier alpha value is -4.30. The van der Waals surface area contributed by atoms with Gasteiger partial charge in [0.25, 0.3) is 0 Å². The van der Waals surface area contributed by atoms with E-state index >= 15 is 0 Å². The molecule has 7 rings (SSSR count). The number of rotatable bonds is 7. The molecule has 6 aromatic rings. The Bertz CT molecular complexity index is 1770. The van der Waals surface area contributed by atoms with E-state index in [1.807, 2.05) is 24.7 Å². The highest BCUT2D eigenvalue weighted by molar-refractivity contribution is 7.08. The van der Waals surface area contributed by atoms with Gasteiger partial charge in [0.2, 0.25) is 0 Å². The predicted molar refractivity (Wildman–Crippen MR) is 159 cm³/mol. The molecule has 3 N–H and O–H groups in total. The minimum Gasteiger partial charge on any atom is -0.358 e. The Morgan fingerprint density at radius 3 is 2.77 bits per heavy atom. The third kappa shape index (κ3) is 4.72. The number of allylic oxidation sites excluding steroid dienone is 1. The van der Waals surface area contributed by atoms with Crippen LogP contribution in [0.4, 0.5) is 5.69 Å². The Balaban J connectivity index is 1.19. The van der Waals surface area contributed by atoms with E-state index in [1.165, 1.54) is 32.1 Å². The summed E-state index contributed by atoms with van der Waals surface area (Å²) in [6, 6.07) is 12.5. The number of nitrogens with one attached hydrogen (secondary N) is 3. The number of imidazole rings is 1. The van der Waals surface area contributed by atoms with Crippen molar-refractivity contribution < 1.29 is 0 Å². The van der Waals surface area contributed by atoms with Gasteiger partial charge in [-0.15, -0.1) is 0 Å². The monoisotopic (exact) mass is 531 g/mol. The largest absolute Gasteiger partial charge is 0.358 e. The highest BCUT2D eigenvalue weighted by Gasteiger charge is 2.17. The topological polar surface area (TPSA) is 95.2 Å². The molecule has 7 nitrogen and oxygen atoms in total. The minimum absolute atomic E-state index is 0.713. The molecular weight excluding hydrogens is 502 g/mol. The van der Waals surface area contributed by atoms with Crippen LogP contribution in [-0.2, 0) is 0 Å². The zero-order chi connectivity index (χ0) is 26.2. The van der Waals surface area contributed by atoms with E-state index in [2.05, 4.69) is 78.1 Å². The maximum Gasteiger partial charge on any atom is 0.159 e. The van der Waals surface area contributed by atoms with Crippen LogP contribution in [0.15, 0.2) is 78.0 Å². The Labute approximate surface area is 230 Å². The van der Waals surface area contributed by atoms with Crippen molar-refractivity contribution in [2.75, 3.05) is 5.32 Å². The third-order valence-electron chi connectivity index (χ3n) is 7.64.